The Morgan fingerprint density at radius 2 is 1.00 bits per heavy atom. The number of hydrogen-bond donors (Lipinski definition) is 0. The van der Waals surface area contributed by atoms with E-state index in [-0.39, 0.29) is 11.9 Å². The zero-order valence-electron chi connectivity index (χ0n) is 30.7. The van der Waals surface area contributed by atoms with Crippen molar-refractivity contribution in [3.8, 4) is 0 Å². The summed E-state index contributed by atoms with van der Waals surface area (Å²) in [7, 11) is 4.32. The average molecular weight is 744 g/mol. The highest BCUT2D eigenvalue weighted by molar-refractivity contribution is 14.1. The van der Waals surface area contributed by atoms with Crippen LogP contribution in [0, 0.1) is 0 Å². The largest absolute Gasteiger partial charge is 0.347 e. The second-order valence-corrected chi connectivity index (χ2v) is 15.3. The lowest BCUT2D eigenvalue weighted by Gasteiger charge is -2.28. The van der Waals surface area contributed by atoms with Crippen LogP contribution in [0.4, 0.5) is 0 Å². The molecule has 1 rings (SSSR count). The molecule has 1 heterocycles. The van der Waals surface area contributed by atoms with Crippen molar-refractivity contribution in [1.82, 2.24) is 4.90 Å². The van der Waals surface area contributed by atoms with Gasteiger partial charge in [0, 0.05) is 12.8 Å². The fourth-order valence-electron chi connectivity index (χ4n) is 6.56. The molecule has 0 aromatic rings. The molecule has 1 aliphatic heterocycles. The van der Waals surface area contributed by atoms with Crippen LogP contribution in [0.15, 0.2) is 24.3 Å². The summed E-state index contributed by atoms with van der Waals surface area (Å²) in [5.74, 6) is -0.305. The Bertz CT molecular complexity index is 624. The van der Waals surface area contributed by atoms with Crippen molar-refractivity contribution in [3.05, 3.63) is 24.3 Å². The van der Waals surface area contributed by atoms with E-state index in [0.717, 1.165) is 32.4 Å². The molecular formula is C41H78INO2. The first kappa shape index (κ1) is 43.1. The van der Waals surface area contributed by atoms with Crippen LogP contribution in [-0.4, -0.2) is 48.5 Å². The number of alkyl halides is 1. The van der Waals surface area contributed by atoms with E-state index in [9.17, 15) is 0 Å². The number of hydrogen-bond acceptors (Lipinski definition) is 3. The molecule has 0 bridgehead atoms. The lowest BCUT2D eigenvalue weighted by Crippen LogP contribution is -2.31. The number of nitrogens with zero attached hydrogens (tertiary/aromatic N) is 1. The Balaban J connectivity index is 2.18. The molecule has 0 spiro atoms. The third kappa shape index (κ3) is 27.7. The topological polar surface area (TPSA) is 21.7 Å². The zero-order chi connectivity index (χ0) is 32.5. The fourth-order valence-corrected chi connectivity index (χ4v) is 7.10. The van der Waals surface area contributed by atoms with Gasteiger partial charge >= 0.3 is 0 Å². The third-order valence-electron chi connectivity index (χ3n) is 9.46. The van der Waals surface area contributed by atoms with Crippen LogP contribution in [0.1, 0.15) is 193 Å². The van der Waals surface area contributed by atoms with Gasteiger partial charge < -0.3 is 14.4 Å². The smallest absolute Gasteiger partial charge is 0.168 e. The average Bonchev–Trinajstić information content (AvgIpc) is 3.43. The molecule has 45 heavy (non-hydrogen) atoms. The number of unbranched alkanes of at least 4 members (excludes halogenated alkanes) is 21. The van der Waals surface area contributed by atoms with Crippen molar-refractivity contribution in [3.63, 3.8) is 0 Å². The van der Waals surface area contributed by atoms with Gasteiger partial charge in [-0.2, -0.15) is 0 Å². The number of halogens is 1. The number of rotatable bonds is 34. The van der Waals surface area contributed by atoms with Crippen molar-refractivity contribution in [2.75, 3.05) is 31.7 Å². The van der Waals surface area contributed by atoms with E-state index in [4.69, 9.17) is 9.47 Å². The minimum absolute atomic E-state index is 0.288. The SMILES string of the molecule is CCCCCCCC/C=C\CCCCCCCC1(CCCCCCC/C=C\CCCCCCCI)OCC(CCCN(C)C)O1. The first-order valence-electron chi connectivity index (χ1n) is 19.9. The highest BCUT2D eigenvalue weighted by Crippen LogP contribution is 2.36. The maximum Gasteiger partial charge on any atom is 0.168 e. The van der Waals surface area contributed by atoms with Gasteiger partial charge in [0.05, 0.1) is 12.7 Å². The zero-order valence-corrected chi connectivity index (χ0v) is 32.8. The molecule has 4 heteroatoms. The van der Waals surface area contributed by atoms with Crippen LogP contribution in [-0.2, 0) is 9.47 Å². The lowest BCUT2D eigenvalue weighted by molar-refractivity contribution is -0.180. The van der Waals surface area contributed by atoms with Gasteiger partial charge in [-0.25, -0.2) is 0 Å². The molecule has 2 unspecified atom stereocenters. The lowest BCUT2D eigenvalue weighted by atomic mass is 9.99. The summed E-state index contributed by atoms with van der Waals surface area (Å²) in [4.78, 5) is 2.28. The monoisotopic (exact) mass is 744 g/mol. The molecule has 2 atom stereocenters. The molecule has 0 saturated carbocycles. The van der Waals surface area contributed by atoms with E-state index in [1.807, 2.05) is 0 Å². The van der Waals surface area contributed by atoms with Crippen LogP contribution >= 0.6 is 22.6 Å². The maximum absolute atomic E-state index is 6.71. The van der Waals surface area contributed by atoms with Crippen LogP contribution in [0.25, 0.3) is 0 Å². The number of ether oxygens (including phenoxy) is 2. The first-order chi connectivity index (χ1) is 22.1. The minimum atomic E-state index is -0.305. The van der Waals surface area contributed by atoms with Crippen LogP contribution in [0.2, 0.25) is 0 Å². The van der Waals surface area contributed by atoms with Gasteiger partial charge in [-0.1, -0.05) is 144 Å². The summed E-state index contributed by atoms with van der Waals surface area (Å²) in [6.07, 6.45) is 48.2. The molecule has 0 N–H and O–H groups in total. The molecule has 0 radical (unpaired) electrons. The molecule has 1 saturated heterocycles. The predicted molar refractivity (Wildman–Crippen MR) is 209 cm³/mol. The summed E-state index contributed by atoms with van der Waals surface area (Å²) in [6, 6.07) is 0. The summed E-state index contributed by atoms with van der Waals surface area (Å²) in [5.41, 5.74) is 0. The van der Waals surface area contributed by atoms with Crippen LogP contribution in [0.3, 0.4) is 0 Å². The van der Waals surface area contributed by atoms with Gasteiger partial charge in [-0.15, -0.1) is 0 Å². The quantitative estimate of drug-likeness (QED) is 0.0284. The van der Waals surface area contributed by atoms with E-state index in [1.54, 1.807) is 0 Å². The van der Waals surface area contributed by atoms with Crippen LogP contribution in [0.5, 0.6) is 0 Å². The fraction of sp³-hybridized carbons (Fsp3) is 0.902. The van der Waals surface area contributed by atoms with E-state index in [2.05, 4.69) is 72.8 Å². The Kier molecular flexibility index (Phi) is 31.3. The summed E-state index contributed by atoms with van der Waals surface area (Å²) < 4.78 is 14.5. The van der Waals surface area contributed by atoms with Crippen molar-refractivity contribution >= 4 is 22.6 Å². The molecule has 1 fully saturated rings. The second kappa shape index (κ2) is 32.6. The predicted octanol–water partition coefficient (Wildman–Crippen LogP) is 13.5. The van der Waals surface area contributed by atoms with Crippen molar-refractivity contribution in [2.24, 2.45) is 0 Å². The van der Waals surface area contributed by atoms with Gasteiger partial charge in [0.15, 0.2) is 5.79 Å². The highest BCUT2D eigenvalue weighted by Gasteiger charge is 2.40. The second-order valence-electron chi connectivity index (χ2n) is 14.3. The van der Waals surface area contributed by atoms with Gasteiger partial charge in [0.2, 0.25) is 0 Å². The van der Waals surface area contributed by atoms with Gasteiger partial charge in [-0.05, 0) is 109 Å². The summed E-state index contributed by atoms with van der Waals surface area (Å²) >= 11 is 2.49. The molecule has 3 nitrogen and oxygen atoms in total. The Morgan fingerprint density at radius 1 is 0.578 bits per heavy atom. The Morgan fingerprint density at radius 3 is 1.44 bits per heavy atom. The van der Waals surface area contributed by atoms with E-state index in [1.165, 1.54) is 171 Å². The van der Waals surface area contributed by atoms with Gasteiger partial charge in [0.1, 0.15) is 0 Å². The normalized spacial score (nSPS) is 18.8. The van der Waals surface area contributed by atoms with Crippen LogP contribution < -0.4 is 0 Å². The standard InChI is InChI=1S/C41H78INO2/c1-4-5-6-7-8-9-10-11-12-15-18-21-24-27-30-35-41(44-39-40(45-41)34-33-38-43(2)3)36-31-28-25-22-19-16-13-14-17-20-23-26-29-32-37-42/h11-14,40H,4-10,15-39H2,1-3H3/b12-11-,14-13-. The van der Waals surface area contributed by atoms with Crippen molar-refractivity contribution < 1.29 is 9.47 Å². The Labute approximate surface area is 296 Å². The molecular weight excluding hydrogens is 665 g/mol. The van der Waals surface area contributed by atoms with Gasteiger partial charge in [0.25, 0.3) is 0 Å². The molecule has 266 valence electrons. The Hall–Kier alpha value is 0.0900. The third-order valence-corrected chi connectivity index (χ3v) is 10.2. The molecule has 0 aromatic carbocycles. The van der Waals surface area contributed by atoms with Crippen molar-refractivity contribution in [1.29, 1.82) is 0 Å². The van der Waals surface area contributed by atoms with Gasteiger partial charge in [-0.3, -0.25) is 0 Å². The first-order valence-corrected chi connectivity index (χ1v) is 21.5. The number of allylic oxidation sites excluding steroid dienone is 4. The van der Waals surface area contributed by atoms with E-state index >= 15 is 0 Å². The molecule has 0 aliphatic carbocycles. The molecule has 1 aliphatic rings. The highest BCUT2D eigenvalue weighted by atomic mass is 127. The summed E-state index contributed by atoms with van der Waals surface area (Å²) in [5, 5.41) is 0. The summed E-state index contributed by atoms with van der Waals surface area (Å²) in [6.45, 7) is 4.22. The van der Waals surface area contributed by atoms with Crippen molar-refractivity contribution in [2.45, 2.75) is 205 Å². The maximum atomic E-state index is 6.71. The molecule has 0 aromatic heterocycles. The minimum Gasteiger partial charge on any atom is -0.347 e. The molecule has 0 amide bonds. The van der Waals surface area contributed by atoms with E-state index in [0.29, 0.717) is 0 Å². The van der Waals surface area contributed by atoms with E-state index < -0.39 is 0 Å².